The van der Waals surface area contributed by atoms with Crippen LogP contribution in [0.1, 0.15) is 18.5 Å². The number of aliphatic imine (C=N–C) groups is 1. The zero-order valence-electron chi connectivity index (χ0n) is 7.62. The molecular weight excluding hydrogens is 180 g/mol. The first-order chi connectivity index (χ1) is 6.77. The van der Waals surface area contributed by atoms with Crippen molar-refractivity contribution in [3.05, 3.63) is 28.2 Å². The van der Waals surface area contributed by atoms with E-state index in [0.29, 0.717) is 12.2 Å². The average Bonchev–Trinajstić information content (AvgIpc) is 2.93. The average molecular weight is 190 g/mol. The van der Waals surface area contributed by atoms with Crippen LogP contribution in [-0.2, 0) is 0 Å². The van der Waals surface area contributed by atoms with Crippen LogP contribution >= 0.6 is 0 Å². The van der Waals surface area contributed by atoms with Crippen molar-refractivity contribution in [1.29, 1.82) is 0 Å². The zero-order valence-corrected chi connectivity index (χ0v) is 7.62. The highest BCUT2D eigenvalue weighted by Crippen LogP contribution is 2.41. The van der Waals surface area contributed by atoms with E-state index in [-0.39, 0.29) is 11.2 Å². The maximum absolute atomic E-state index is 11.1. The van der Waals surface area contributed by atoms with E-state index in [0.717, 1.165) is 18.6 Å². The topological polar surface area (TPSA) is 54.5 Å². The molecule has 4 nitrogen and oxygen atoms in total. The summed E-state index contributed by atoms with van der Waals surface area (Å²) in [6.07, 6.45) is 3.80. The van der Waals surface area contributed by atoms with Gasteiger partial charge in [0.2, 0.25) is 5.56 Å². The van der Waals surface area contributed by atoms with Crippen LogP contribution < -0.4 is 10.3 Å². The van der Waals surface area contributed by atoms with Gasteiger partial charge in [-0.3, -0.25) is 9.79 Å². The highest BCUT2D eigenvalue weighted by Gasteiger charge is 2.46. The van der Waals surface area contributed by atoms with Gasteiger partial charge in [0.15, 0.2) is 0 Å². The molecule has 1 spiro atoms. The Balaban J connectivity index is 2.10. The molecule has 0 saturated heterocycles. The van der Waals surface area contributed by atoms with Crippen molar-refractivity contribution in [1.82, 2.24) is 4.98 Å². The van der Waals surface area contributed by atoms with Gasteiger partial charge in [0, 0.05) is 12.3 Å². The number of rotatable bonds is 0. The lowest BCUT2D eigenvalue weighted by atomic mass is 10.3. The fraction of sp³-hybridized carbons (Fsp3) is 0.400. The number of nitrogens with one attached hydrogen (secondary N) is 1. The molecule has 1 N–H and O–H groups in total. The van der Waals surface area contributed by atoms with Crippen LogP contribution in [0.25, 0.3) is 0 Å². The Morgan fingerprint density at radius 1 is 1.43 bits per heavy atom. The van der Waals surface area contributed by atoms with Gasteiger partial charge in [-0.2, -0.15) is 0 Å². The van der Waals surface area contributed by atoms with E-state index >= 15 is 0 Å². The van der Waals surface area contributed by atoms with Crippen molar-refractivity contribution in [2.45, 2.75) is 18.4 Å². The van der Waals surface area contributed by atoms with Gasteiger partial charge >= 0.3 is 0 Å². The predicted octanol–water partition coefficient (Wildman–Crippen LogP) is 0.719. The van der Waals surface area contributed by atoms with Crippen LogP contribution in [0.4, 0.5) is 0 Å². The summed E-state index contributed by atoms with van der Waals surface area (Å²) in [6, 6.07) is 3.19. The standard InChI is InChI=1S/C10H10N2O2/c13-9-2-1-8-7(12-9)5-11-6-10(14-8)3-4-10/h1-2,5H,3-4,6H2,(H,12,13). The molecule has 72 valence electrons. The fourth-order valence-corrected chi connectivity index (χ4v) is 1.63. The molecule has 1 aromatic heterocycles. The normalized spacial score (nSPS) is 21.1. The highest BCUT2D eigenvalue weighted by atomic mass is 16.5. The molecule has 14 heavy (non-hydrogen) atoms. The second-order valence-electron chi connectivity index (χ2n) is 3.86. The molecule has 0 aromatic carbocycles. The molecule has 4 heteroatoms. The van der Waals surface area contributed by atoms with Crippen molar-refractivity contribution < 1.29 is 4.74 Å². The fourth-order valence-electron chi connectivity index (χ4n) is 1.63. The predicted molar refractivity (Wildman–Crippen MR) is 52.1 cm³/mol. The van der Waals surface area contributed by atoms with E-state index in [4.69, 9.17) is 4.74 Å². The highest BCUT2D eigenvalue weighted by molar-refractivity contribution is 5.81. The van der Waals surface area contributed by atoms with E-state index in [1.165, 1.54) is 6.07 Å². The Morgan fingerprint density at radius 2 is 2.29 bits per heavy atom. The molecule has 3 rings (SSSR count). The van der Waals surface area contributed by atoms with Gasteiger partial charge in [0.25, 0.3) is 0 Å². The lowest BCUT2D eigenvalue weighted by Gasteiger charge is -2.14. The van der Waals surface area contributed by atoms with Crippen molar-refractivity contribution in [2.24, 2.45) is 4.99 Å². The molecule has 0 unspecified atom stereocenters. The Hall–Kier alpha value is -1.58. The van der Waals surface area contributed by atoms with E-state index in [9.17, 15) is 4.79 Å². The quantitative estimate of drug-likeness (QED) is 0.655. The van der Waals surface area contributed by atoms with E-state index in [1.54, 1.807) is 12.3 Å². The molecule has 1 aliphatic carbocycles. The third-order valence-corrected chi connectivity index (χ3v) is 2.64. The van der Waals surface area contributed by atoms with Crippen molar-refractivity contribution in [3.8, 4) is 5.75 Å². The Kier molecular flexibility index (Phi) is 1.37. The van der Waals surface area contributed by atoms with E-state index in [2.05, 4.69) is 9.98 Å². The summed E-state index contributed by atoms with van der Waals surface area (Å²) >= 11 is 0. The monoisotopic (exact) mass is 190 g/mol. The van der Waals surface area contributed by atoms with Gasteiger partial charge in [0.1, 0.15) is 17.0 Å². The number of hydrogen-bond acceptors (Lipinski definition) is 3. The SMILES string of the molecule is O=c1ccc2c([nH]1)C=NCC1(CC1)O2. The minimum absolute atomic E-state index is 0.0695. The first kappa shape index (κ1) is 7.79. The summed E-state index contributed by atoms with van der Waals surface area (Å²) in [6.45, 7) is 0.698. The van der Waals surface area contributed by atoms with Gasteiger partial charge in [0.05, 0.1) is 6.54 Å². The lowest BCUT2D eigenvalue weighted by molar-refractivity contribution is 0.189. The van der Waals surface area contributed by atoms with Gasteiger partial charge in [-0.15, -0.1) is 0 Å². The summed E-state index contributed by atoms with van der Waals surface area (Å²) in [5.74, 6) is 0.739. The number of aromatic nitrogens is 1. The number of nitrogens with zero attached hydrogens (tertiary/aromatic N) is 1. The van der Waals surface area contributed by atoms with Crippen LogP contribution in [-0.4, -0.2) is 23.3 Å². The van der Waals surface area contributed by atoms with Gasteiger partial charge in [-0.1, -0.05) is 0 Å². The lowest BCUT2D eigenvalue weighted by Crippen LogP contribution is -2.21. The second-order valence-corrected chi connectivity index (χ2v) is 3.86. The van der Waals surface area contributed by atoms with Crippen LogP contribution in [0.15, 0.2) is 21.9 Å². The summed E-state index contributed by atoms with van der Waals surface area (Å²) in [4.78, 5) is 18.0. The molecule has 2 aliphatic rings. The summed E-state index contributed by atoms with van der Waals surface area (Å²) in [7, 11) is 0. The molecule has 1 saturated carbocycles. The molecule has 0 bridgehead atoms. The molecule has 0 radical (unpaired) electrons. The number of ether oxygens (including phenoxy) is 1. The first-order valence-electron chi connectivity index (χ1n) is 4.70. The summed E-state index contributed by atoms with van der Waals surface area (Å²) < 4.78 is 5.82. The number of H-pyrrole nitrogens is 1. The minimum atomic E-state index is -0.120. The number of hydrogen-bond donors (Lipinski definition) is 1. The van der Waals surface area contributed by atoms with Crippen molar-refractivity contribution in [3.63, 3.8) is 0 Å². The van der Waals surface area contributed by atoms with Gasteiger partial charge in [-0.05, 0) is 18.9 Å². The molecule has 0 atom stereocenters. The molecule has 1 fully saturated rings. The van der Waals surface area contributed by atoms with Crippen molar-refractivity contribution >= 4 is 6.21 Å². The molecule has 1 aliphatic heterocycles. The smallest absolute Gasteiger partial charge is 0.248 e. The number of fused-ring (bicyclic) bond motifs is 1. The summed E-state index contributed by atoms with van der Waals surface area (Å²) in [5, 5.41) is 0. The van der Waals surface area contributed by atoms with Crippen LogP contribution in [0, 0.1) is 0 Å². The van der Waals surface area contributed by atoms with Crippen LogP contribution in [0.2, 0.25) is 0 Å². The first-order valence-corrected chi connectivity index (χ1v) is 4.70. The second kappa shape index (κ2) is 2.47. The van der Waals surface area contributed by atoms with Gasteiger partial charge in [-0.25, -0.2) is 0 Å². The molecule has 2 heterocycles. The van der Waals surface area contributed by atoms with Gasteiger partial charge < -0.3 is 9.72 Å². The third kappa shape index (κ3) is 1.14. The van der Waals surface area contributed by atoms with E-state index in [1.807, 2.05) is 0 Å². The molecular formula is C10H10N2O2. The third-order valence-electron chi connectivity index (χ3n) is 2.64. The Labute approximate surface area is 80.6 Å². The van der Waals surface area contributed by atoms with Crippen LogP contribution in [0.5, 0.6) is 5.75 Å². The van der Waals surface area contributed by atoms with Crippen LogP contribution in [0.3, 0.4) is 0 Å². The maximum atomic E-state index is 11.1. The van der Waals surface area contributed by atoms with Crippen molar-refractivity contribution in [2.75, 3.05) is 6.54 Å². The minimum Gasteiger partial charge on any atom is -0.483 e. The zero-order chi connectivity index (χ0) is 9.60. The molecule has 1 aromatic rings. The number of aromatic amines is 1. The molecule has 0 amide bonds. The maximum Gasteiger partial charge on any atom is 0.248 e. The largest absolute Gasteiger partial charge is 0.483 e. The summed E-state index contributed by atoms with van der Waals surface area (Å²) in [5.41, 5.74) is 0.492. The Bertz CT molecular complexity index is 457. The number of pyridine rings is 1. The Morgan fingerprint density at radius 3 is 3.07 bits per heavy atom. The van der Waals surface area contributed by atoms with E-state index < -0.39 is 0 Å².